The van der Waals surface area contributed by atoms with Crippen LogP contribution in [-0.4, -0.2) is 33.8 Å². The molecule has 0 spiro atoms. The number of thioether (sulfide) groups is 1. The Kier molecular flexibility index (Phi) is 5.96. The average molecular weight is 388 g/mol. The van der Waals surface area contributed by atoms with Crippen LogP contribution in [0.3, 0.4) is 0 Å². The van der Waals surface area contributed by atoms with Crippen LogP contribution in [0.25, 0.3) is 11.5 Å². The van der Waals surface area contributed by atoms with Crippen molar-refractivity contribution in [2.45, 2.75) is 18.7 Å². The summed E-state index contributed by atoms with van der Waals surface area (Å²) in [5, 5.41) is 9.16. The van der Waals surface area contributed by atoms with Gasteiger partial charge in [0.15, 0.2) is 0 Å². The minimum Gasteiger partial charge on any atom is -0.411 e. The Hall–Kier alpha value is -2.31. The first-order chi connectivity index (χ1) is 12.5. The number of hydrogen-bond donors (Lipinski definition) is 0. The minimum atomic E-state index is -0.0133. The molecule has 26 heavy (non-hydrogen) atoms. The summed E-state index contributed by atoms with van der Waals surface area (Å²) < 4.78 is 5.67. The molecule has 2 aromatic carbocycles. The van der Waals surface area contributed by atoms with Crippen LogP contribution in [0.1, 0.15) is 11.1 Å². The van der Waals surface area contributed by atoms with Crippen molar-refractivity contribution in [3.8, 4) is 11.5 Å². The summed E-state index contributed by atoms with van der Waals surface area (Å²) in [6, 6.07) is 15.3. The van der Waals surface area contributed by atoms with E-state index in [4.69, 9.17) is 16.0 Å². The van der Waals surface area contributed by atoms with E-state index in [1.54, 1.807) is 11.9 Å². The van der Waals surface area contributed by atoms with E-state index in [1.165, 1.54) is 11.8 Å². The zero-order chi connectivity index (χ0) is 18.5. The highest BCUT2D eigenvalue weighted by Crippen LogP contribution is 2.25. The van der Waals surface area contributed by atoms with E-state index in [-0.39, 0.29) is 11.7 Å². The van der Waals surface area contributed by atoms with Gasteiger partial charge in [0.1, 0.15) is 0 Å². The molecule has 0 N–H and O–H groups in total. The normalized spacial score (nSPS) is 10.7. The van der Waals surface area contributed by atoms with Crippen molar-refractivity contribution in [3.63, 3.8) is 0 Å². The van der Waals surface area contributed by atoms with Crippen molar-refractivity contribution < 1.29 is 9.21 Å². The van der Waals surface area contributed by atoms with Crippen LogP contribution >= 0.6 is 23.4 Å². The molecule has 0 saturated carbocycles. The summed E-state index contributed by atoms with van der Waals surface area (Å²) in [6.45, 7) is 2.51. The van der Waals surface area contributed by atoms with Crippen molar-refractivity contribution in [1.82, 2.24) is 15.1 Å². The van der Waals surface area contributed by atoms with E-state index in [0.29, 0.717) is 22.7 Å². The van der Waals surface area contributed by atoms with E-state index in [9.17, 15) is 4.79 Å². The van der Waals surface area contributed by atoms with Crippen LogP contribution < -0.4 is 0 Å². The second-order valence-electron chi connectivity index (χ2n) is 5.85. The molecule has 0 fully saturated rings. The van der Waals surface area contributed by atoms with Gasteiger partial charge in [0.2, 0.25) is 11.8 Å². The van der Waals surface area contributed by atoms with E-state index in [0.717, 1.165) is 16.7 Å². The Bertz CT molecular complexity index is 896. The van der Waals surface area contributed by atoms with Crippen LogP contribution in [0.2, 0.25) is 5.02 Å². The van der Waals surface area contributed by atoms with Crippen LogP contribution in [0, 0.1) is 6.92 Å². The van der Waals surface area contributed by atoms with Crippen molar-refractivity contribution in [1.29, 1.82) is 0 Å². The molecule has 3 aromatic rings. The zero-order valence-electron chi connectivity index (χ0n) is 14.5. The van der Waals surface area contributed by atoms with Gasteiger partial charge in [0.05, 0.1) is 5.75 Å². The number of amides is 1. The number of halogens is 1. The SMILES string of the molecule is Cc1ccccc1-c1nnc(SCC(=O)N(C)Cc2ccc(Cl)cc2)o1. The molecule has 134 valence electrons. The molecule has 0 saturated heterocycles. The lowest BCUT2D eigenvalue weighted by atomic mass is 10.1. The summed E-state index contributed by atoms with van der Waals surface area (Å²) in [7, 11) is 1.77. The smallest absolute Gasteiger partial charge is 0.277 e. The fraction of sp³-hybridized carbons (Fsp3) is 0.211. The Labute approximate surface area is 161 Å². The number of rotatable bonds is 6. The lowest BCUT2D eigenvalue weighted by molar-refractivity contribution is -0.127. The Balaban J connectivity index is 1.56. The van der Waals surface area contributed by atoms with Gasteiger partial charge in [-0.25, -0.2) is 0 Å². The summed E-state index contributed by atoms with van der Waals surface area (Å²) in [6.07, 6.45) is 0. The third kappa shape index (κ3) is 4.65. The highest BCUT2D eigenvalue weighted by atomic mass is 35.5. The largest absolute Gasteiger partial charge is 0.411 e. The molecule has 3 rings (SSSR count). The van der Waals surface area contributed by atoms with E-state index in [2.05, 4.69) is 10.2 Å². The molecule has 0 bridgehead atoms. The molecule has 0 aliphatic carbocycles. The standard InChI is InChI=1S/C19H18ClN3O2S/c1-13-5-3-4-6-16(13)18-21-22-19(25-18)26-12-17(24)23(2)11-14-7-9-15(20)10-8-14/h3-10H,11-12H2,1-2H3. The highest BCUT2D eigenvalue weighted by Gasteiger charge is 2.15. The summed E-state index contributed by atoms with van der Waals surface area (Å²) >= 11 is 7.12. The fourth-order valence-corrected chi connectivity index (χ4v) is 3.21. The predicted octanol–water partition coefficient (Wildman–Crippen LogP) is 4.45. The number of carbonyl (C=O) groups excluding carboxylic acids is 1. The number of aromatic nitrogens is 2. The van der Waals surface area contributed by atoms with E-state index in [1.807, 2.05) is 55.5 Å². The first-order valence-corrected chi connectivity index (χ1v) is 9.40. The van der Waals surface area contributed by atoms with E-state index < -0.39 is 0 Å². The molecular formula is C19H18ClN3O2S. The third-order valence-electron chi connectivity index (χ3n) is 3.86. The molecule has 1 heterocycles. The van der Waals surface area contributed by atoms with Gasteiger partial charge in [-0.15, -0.1) is 10.2 Å². The van der Waals surface area contributed by atoms with Gasteiger partial charge in [0, 0.05) is 24.2 Å². The summed E-state index contributed by atoms with van der Waals surface area (Å²) in [5.41, 5.74) is 2.99. The molecule has 0 aliphatic heterocycles. The molecule has 0 unspecified atom stereocenters. The summed E-state index contributed by atoms with van der Waals surface area (Å²) in [4.78, 5) is 14.0. The van der Waals surface area contributed by atoms with Gasteiger partial charge in [0.25, 0.3) is 5.22 Å². The van der Waals surface area contributed by atoms with Crippen molar-refractivity contribution >= 4 is 29.3 Å². The van der Waals surface area contributed by atoms with Gasteiger partial charge in [-0.1, -0.05) is 53.7 Å². The van der Waals surface area contributed by atoms with E-state index >= 15 is 0 Å². The van der Waals surface area contributed by atoms with Crippen LogP contribution in [-0.2, 0) is 11.3 Å². The maximum absolute atomic E-state index is 12.3. The van der Waals surface area contributed by atoms with Crippen LogP contribution in [0.4, 0.5) is 0 Å². The van der Waals surface area contributed by atoms with Gasteiger partial charge in [-0.2, -0.15) is 0 Å². The number of carbonyl (C=O) groups is 1. The van der Waals surface area contributed by atoms with Crippen LogP contribution in [0.5, 0.6) is 0 Å². The highest BCUT2D eigenvalue weighted by molar-refractivity contribution is 7.99. The number of aryl methyl sites for hydroxylation is 1. The zero-order valence-corrected chi connectivity index (χ0v) is 16.0. The first kappa shape index (κ1) is 18.5. The predicted molar refractivity (Wildman–Crippen MR) is 103 cm³/mol. The molecular weight excluding hydrogens is 370 g/mol. The second-order valence-corrected chi connectivity index (χ2v) is 7.22. The first-order valence-electron chi connectivity index (χ1n) is 8.03. The minimum absolute atomic E-state index is 0.0133. The Morgan fingerprint density at radius 3 is 2.62 bits per heavy atom. The average Bonchev–Trinajstić information content (AvgIpc) is 3.10. The van der Waals surface area contributed by atoms with Gasteiger partial charge >= 0.3 is 0 Å². The number of hydrogen-bond acceptors (Lipinski definition) is 5. The lowest BCUT2D eigenvalue weighted by Crippen LogP contribution is -2.27. The molecule has 5 nitrogen and oxygen atoms in total. The molecule has 1 aromatic heterocycles. The van der Waals surface area contributed by atoms with Gasteiger partial charge in [-0.3, -0.25) is 4.79 Å². The molecule has 0 aliphatic rings. The van der Waals surface area contributed by atoms with Gasteiger partial charge in [-0.05, 0) is 36.2 Å². The third-order valence-corrected chi connectivity index (χ3v) is 4.92. The van der Waals surface area contributed by atoms with Crippen LogP contribution in [0.15, 0.2) is 58.2 Å². The molecule has 0 radical (unpaired) electrons. The summed E-state index contributed by atoms with van der Waals surface area (Å²) in [5.74, 6) is 0.688. The Morgan fingerprint density at radius 1 is 1.15 bits per heavy atom. The lowest BCUT2D eigenvalue weighted by Gasteiger charge is -2.16. The van der Waals surface area contributed by atoms with Crippen molar-refractivity contribution in [3.05, 3.63) is 64.7 Å². The Morgan fingerprint density at radius 2 is 1.88 bits per heavy atom. The quantitative estimate of drug-likeness (QED) is 0.585. The fourth-order valence-electron chi connectivity index (χ4n) is 2.38. The second kappa shape index (κ2) is 8.38. The number of nitrogens with zero attached hydrogens (tertiary/aromatic N) is 3. The van der Waals surface area contributed by atoms with Crippen molar-refractivity contribution in [2.75, 3.05) is 12.8 Å². The monoisotopic (exact) mass is 387 g/mol. The maximum atomic E-state index is 12.3. The number of benzene rings is 2. The maximum Gasteiger partial charge on any atom is 0.277 e. The molecule has 0 atom stereocenters. The van der Waals surface area contributed by atoms with Gasteiger partial charge < -0.3 is 9.32 Å². The topological polar surface area (TPSA) is 59.2 Å². The molecule has 1 amide bonds. The van der Waals surface area contributed by atoms with Crippen molar-refractivity contribution in [2.24, 2.45) is 0 Å². The molecule has 7 heteroatoms.